The number of thiazole rings is 1. The van der Waals surface area contributed by atoms with Gasteiger partial charge in [0.25, 0.3) is 0 Å². The Hall–Kier alpha value is -0.490. The lowest BCUT2D eigenvalue weighted by Crippen LogP contribution is -2.35. The molecule has 1 aliphatic carbocycles. The third-order valence-electron chi connectivity index (χ3n) is 3.53. The molecule has 0 radical (unpaired) electrons. The first-order valence-corrected chi connectivity index (χ1v) is 7.61. The van der Waals surface area contributed by atoms with Crippen molar-refractivity contribution in [3.63, 3.8) is 0 Å². The van der Waals surface area contributed by atoms with Crippen LogP contribution < -0.4 is 5.32 Å². The Bertz CT molecular complexity index is 397. The average Bonchev–Trinajstić information content (AvgIpc) is 3.14. The molecule has 0 unspecified atom stereocenters. The van der Waals surface area contributed by atoms with Crippen LogP contribution >= 0.6 is 11.3 Å². The molecule has 2 heterocycles. The van der Waals surface area contributed by atoms with Gasteiger partial charge in [0.05, 0.1) is 25.5 Å². The van der Waals surface area contributed by atoms with E-state index in [9.17, 15) is 0 Å². The van der Waals surface area contributed by atoms with Gasteiger partial charge in [-0.2, -0.15) is 0 Å². The Labute approximate surface area is 112 Å². The second-order valence-electron chi connectivity index (χ2n) is 5.16. The maximum absolute atomic E-state index is 5.37. The van der Waals surface area contributed by atoms with Crippen LogP contribution in [0.2, 0.25) is 0 Å². The Morgan fingerprint density at radius 2 is 2.17 bits per heavy atom. The van der Waals surface area contributed by atoms with Crippen LogP contribution in [0.1, 0.15) is 28.4 Å². The molecule has 1 aromatic rings. The molecule has 0 aromatic carbocycles. The zero-order chi connectivity index (χ0) is 12.4. The van der Waals surface area contributed by atoms with Gasteiger partial charge in [-0.1, -0.05) is 0 Å². The highest BCUT2D eigenvalue weighted by Crippen LogP contribution is 2.23. The molecule has 1 saturated carbocycles. The van der Waals surface area contributed by atoms with Crippen molar-refractivity contribution in [2.75, 3.05) is 26.3 Å². The first kappa shape index (κ1) is 12.5. The fourth-order valence-electron chi connectivity index (χ4n) is 2.19. The van der Waals surface area contributed by atoms with Gasteiger partial charge in [-0.15, -0.1) is 11.3 Å². The number of hydrogen-bond donors (Lipinski definition) is 1. The largest absolute Gasteiger partial charge is 0.379 e. The molecule has 100 valence electrons. The van der Waals surface area contributed by atoms with Crippen molar-refractivity contribution < 1.29 is 4.74 Å². The highest BCUT2D eigenvalue weighted by atomic mass is 32.1. The molecule has 18 heavy (non-hydrogen) atoms. The van der Waals surface area contributed by atoms with E-state index in [1.165, 1.54) is 28.4 Å². The molecule has 4 nitrogen and oxygen atoms in total. The highest BCUT2D eigenvalue weighted by Gasteiger charge is 2.21. The van der Waals surface area contributed by atoms with E-state index in [0.717, 1.165) is 45.4 Å². The van der Waals surface area contributed by atoms with Gasteiger partial charge in [-0.25, -0.2) is 4.98 Å². The quantitative estimate of drug-likeness (QED) is 0.878. The molecule has 1 aromatic heterocycles. The van der Waals surface area contributed by atoms with Gasteiger partial charge in [-0.3, -0.25) is 4.90 Å². The molecule has 0 amide bonds. The first-order valence-electron chi connectivity index (χ1n) is 6.80. The predicted octanol–water partition coefficient (Wildman–Crippen LogP) is 1.54. The SMILES string of the molecule is Cc1nc(CN2CCOCC2)sc1CNC1CC1. The van der Waals surface area contributed by atoms with Crippen LogP contribution in [0, 0.1) is 6.92 Å². The number of aromatic nitrogens is 1. The zero-order valence-corrected chi connectivity index (χ0v) is 11.8. The summed E-state index contributed by atoms with van der Waals surface area (Å²) in [6.45, 7) is 7.91. The molecule has 0 bridgehead atoms. The third-order valence-corrected chi connectivity index (χ3v) is 4.67. The lowest BCUT2D eigenvalue weighted by molar-refractivity contribution is 0.0341. The topological polar surface area (TPSA) is 37.4 Å². The molecular weight excluding hydrogens is 246 g/mol. The predicted molar refractivity (Wildman–Crippen MR) is 72.8 cm³/mol. The van der Waals surface area contributed by atoms with Crippen molar-refractivity contribution in [2.45, 2.75) is 38.9 Å². The average molecular weight is 267 g/mol. The summed E-state index contributed by atoms with van der Waals surface area (Å²) in [7, 11) is 0. The lowest BCUT2D eigenvalue weighted by Gasteiger charge is -2.25. The molecule has 0 atom stereocenters. The van der Waals surface area contributed by atoms with Crippen LogP contribution in [0.5, 0.6) is 0 Å². The molecule has 3 rings (SSSR count). The van der Waals surface area contributed by atoms with Crippen LogP contribution in [0.3, 0.4) is 0 Å². The lowest BCUT2D eigenvalue weighted by atomic mass is 10.4. The van der Waals surface area contributed by atoms with Crippen LogP contribution in [0.15, 0.2) is 0 Å². The molecule has 5 heteroatoms. The molecule has 1 N–H and O–H groups in total. The van der Waals surface area contributed by atoms with Gasteiger partial charge in [0, 0.05) is 30.6 Å². The monoisotopic (exact) mass is 267 g/mol. The van der Waals surface area contributed by atoms with Gasteiger partial charge in [-0.05, 0) is 19.8 Å². The molecule has 0 spiro atoms. The van der Waals surface area contributed by atoms with Gasteiger partial charge in [0.15, 0.2) is 0 Å². The van der Waals surface area contributed by atoms with Crippen LogP contribution in [-0.4, -0.2) is 42.2 Å². The zero-order valence-electron chi connectivity index (χ0n) is 10.9. The second-order valence-corrected chi connectivity index (χ2v) is 6.33. The molecule has 2 aliphatic rings. The second kappa shape index (κ2) is 5.65. The third kappa shape index (κ3) is 3.29. The van der Waals surface area contributed by atoms with E-state index in [1.807, 2.05) is 11.3 Å². The number of hydrogen-bond acceptors (Lipinski definition) is 5. The van der Waals surface area contributed by atoms with Crippen molar-refractivity contribution in [3.8, 4) is 0 Å². The van der Waals surface area contributed by atoms with Gasteiger partial charge in [0.1, 0.15) is 5.01 Å². The fraction of sp³-hybridized carbons (Fsp3) is 0.769. The van der Waals surface area contributed by atoms with Crippen LogP contribution in [-0.2, 0) is 17.8 Å². The van der Waals surface area contributed by atoms with Crippen molar-refractivity contribution in [1.29, 1.82) is 0 Å². The summed E-state index contributed by atoms with van der Waals surface area (Å²) in [6.07, 6.45) is 2.69. The van der Waals surface area contributed by atoms with Gasteiger partial charge in [0.2, 0.25) is 0 Å². The number of nitrogens with one attached hydrogen (secondary N) is 1. The standard InChI is InChI=1S/C13H21N3OS/c1-10-12(8-14-11-2-3-11)18-13(15-10)9-16-4-6-17-7-5-16/h11,14H,2-9H2,1H3. The van der Waals surface area contributed by atoms with Crippen LogP contribution in [0.4, 0.5) is 0 Å². The van der Waals surface area contributed by atoms with Gasteiger partial charge < -0.3 is 10.1 Å². The number of ether oxygens (including phenoxy) is 1. The summed E-state index contributed by atoms with van der Waals surface area (Å²) in [6, 6.07) is 0.772. The molecule has 1 saturated heterocycles. The van der Waals surface area contributed by atoms with E-state index in [4.69, 9.17) is 9.72 Å². The molecular formula is C13H21N3OS. The summed E-state index contributed by atoms with van der Waals surface area (Å²) >= 11 is 1.87. The maximum Gasteiger partial charge on any atom is 0.107 e. The van der Waals surface area contributed by atoms with Gasteiger partial charge >= 0.3 is 0 Å². The molecule has 1 aliphatic heterocycles. The summed E-state index contributed by atoms with van der Waals surface area (Å²) in [5.41, 5.74) is 1.21. The summed E-state index contributed by atoms with van der Waals surface area (Å²) in [4.78, 5) is 8.54. The summed E-state index contributed by atoms with van der Waals surface area (Å²) in [5.74, 6) is 0. The summed E-state index contributed by atoms with van der Waals surface area (Å²) in [5, 5.41) is 4.82. The van der Waals surface area contributed by atoms with E-state index in [0.29, 0.717) is 0 Å². The van der Waals surface area contributed by atoms with E-state index in [1.54, 1.807) is 0 Å². The Morgan fingerprint density at radius 1 is 1.39 bits per heavy atom. The highest BCUT2D eigenvalue weighted by molar-refractivity contribution is 7.11. The smallest absolute Gasteiger partial charge is 0.107 e. The Balaban J connectivity index is 1.56. The Kier molecular flexibility index (Phi) is 3.94. The number of rotatable bonds is 5. The van der Waals surface area contributed by atoms with E-state index >= 15 is 0 Å². The Morgan fingerprint density at radius 3 is 2.89 bits per heavy atom. The van der Waals surface area contributed by atoms with E-state index in [2.05, 4.69) is 17.1 Å². The minimum atomic E-state index is 0.772. The van der Waals surface area contributed by atoms with E-state index < -0.39 is 0 Å². The fourth-order valence-corrected chi connectivity index (χ4v) is 3.26. The number of nitrogens with zero attached hydrogens (tertiary/aromatic N) is 2. The number of aryl methyl sites for hydroxylation is 1. The molecule has 2 fully saturated rings. The first-order chi connectivity index (χ1) is 8.81. The minimum absolute atomic E-state index is 0.772. The van der Waals surface area contributed by atoms with Crippen molar-refractivity contribution >= 4 is 11.3 Å². The maximum atomic E-state index is 5.37. The van der Waals surface area contributed by atoms with Crippen molar-refractivity contribution in [1.82, 2.24) is 15.2 Å². The minimum Gasteiger partial charge on any atom is -0.379 e. The van der Waals surface area contributed by atoms with Crippen LogP contribution in [0.25, 0.3) is 0 Å². The normalized spacial score (nSPS) is 21.4. The van der Waals surface area contributed by atoms with Crippen molar-refractivity contribution in [2.24, 2.45) is 0 Å². The van der Waals surface area contributed by atoms with Crippen molar-refractivity contribution in [3.05, 3.63) is 15.6 Å². The number of morpholine rings is 1. The summed E-state index contributed by atoms with van der Waals surface area (Å²) < 4.78 is 5.37. The van der Waals surface area contributed by atoms with E-state index in [-0.39, 0.29) is 0 Å².